The van der Waals surface area contributed by atoms with Gasteiger partial charge in [0.2, 0.25) is 0 Å². The van der Waals surface area contributed by atoms with Gasteiger partial charge in [0.1, 0.15) is 24.1 Å². The Bertz CT molecular complexity index is 1860. The van der Waals surface area contributed by atoms with Gasteiger partial charge in [-0.05, 0) is 85.2 Å². The lowest BCUT2D eigenvalue weighted by atomic mass is 10.0. The van der Waals surface area contributed by atoms with E-state index in [2.05, 4.69) is 11.9 Å². The fourth-order valence-electron chi connectivity index (χ4n) is 5.37. The Balaban J connectivity index is 1.27. The van der Waals surface area contributed by atoms with Crippen molar-refractivity contribution in [3.05, 3.63) is 112 Å². The minimum atomic E-state index is -1.01. The summed E-state index contributed by atoms with van der Waals surface area (Å²) in [5, 5.41) is 9.53. The largest absolute Gasteiger partial charge is 0.478 e. The maximum absolute atomic E-state index is 15.5. The summed E-state index contributed by atoms with van der Waals surface area (Å²) in [4.78, 5) is 20.6. The summed E-state index contributed by atoms with van der Waals surface area (Å²) in [5.74, 6) is -2.30. The molecule has 0 atom stereocenters. The number of hydrogen-bond acceptors (Lipinski definition) is 4. The van der Waals surface area contributed by atoms with E-state index in [0.29, 0.717) is 34.7 Å². The van der Waals surface area contributed by atoms with Gasteiger partial charge in [0.05, 0.1) is 22.3 Å². The Morgan fingerprint density at radius 1 is 0.930 bits per heavy atom. The third-order valence-electron chi connectivity index (χ3n) is 8.36. The molecule has 3 aromatic carbocycles. The first kappa shape index (κ1) is 28.5. The number of halogens is 3. The highest BCUT2D eigenvalue weighted by Crippen LogP contribution is 2.50. The van der Waals surface area contributed by atoms with Crippen molar-refractivity contribution < 1.29 is 27.8 Å². The zero-order valence-corrected chi connectivity index (χ0v) is 23.8. The van der Waals surface area contributed by atoms with E-state index in [4.69, 9.17) is 9.72 Å². The van der Waals surface area contributed by atoms with Crippen LogP contribution in [0.5, 0.6) is 5.88 Å². The fourth-order valence-corrected chi connectivity index (χ4v) is 5.37. The smallest absolute Gasteiger partial charge is 0.335 e. The van der Waals surface area contributed by atoms with Crippen molar-refractivity contribution in [2.45, 2.75) is 52.7 Å². The molecule has 6 rings (SSSR count). The van der Waals surface area contributed by atoms with E-state index in [1.807, 2.05) is 4.57 Å². The molecule has 1 aliphatic carbocycles. The van der Waals surface area contributed by atoms with E-state index in [-0.39, 0.29) is 35.4 Å². The lowest BCUT2D eigenvalue weighted by Crippen LogP contribution is -2.14. The first-order valence-electron chi connectivity index (χ1n) is 14.2. The number of hydrogen-bond donors (Lipinski definition) is 1. The zero-order chi connectivity index (χ0) is 30.3. The highest BCUT2D eigenvalue weighted by molar-refractivity contribution is 5.92. The first-order chi connectivity index (χ1) is 20.6. The van der Waals surface area contributed by atoms with Crippen LogP contribution in [0.25, 0.3) is 22.3 Å². The second-order valence-corrected chi connectivity index (χ2v) is 11.3. The van der Waals surface area contributed by atoms with Crippen LogP contribution in [0.2, 0.25) is 0 Å². The molecular formula is C34H30F3N3O3. The molecule has 0 spiro atoms. The van der Waals surface area contributed by atoms with Crippen LogP contribution in [-0.2, 0) is 19.6 Å². The van der Waals surface area contributed by atoms with Crippen molar-refractivity contribution in [3.8, 4) is 17.1 Å². The Hall–Kier alpha value is -4.66. The number of carboxylic acid groups (broad SMARTS) is 1. The van der Waals surface area contributed by atoms with Crippen molar-refractivity contribution in [2.24, 2.45) is 5.41 Å². The van der Waals surface area contributed by atoms with Crippen LogP contribution in [0.15, 0.2) is 66.7 Å². The molecule has 0 aliphatic heterocycles. The number of pyridine rings is 1. The van der Waals surface area contributed by atoms with E-state index in [1.165, 1.54) is 30.3 Å². The molecule has 2 heterocycles. The predicted molar refractivity (Wildman–Crippen MR) is 157 cm³/mol. The zero-order valence-electron chi connectivity index (χ0n) is 23.8. The Kier molecular flexibility index (Phi) is 7.42. The molecule has 0 bridgehead atoms. The van der Waals surface area contributed by atoms with Crippen molar-refractivity contribution in [1.29, 1.82) is 0 Å². The number of carboxylic acids is 1. The van der Waals surface area contributed by atoms with Crippen LogP contribution in [-0.4, -0.2) is 25.6 Å². The second-order valence-electron chi connectivity index (χ2n) is 11.3. The Morgan fingerprint density at radius 2 is 1.70 bits per heavy atom. The molecule has 0 radical (unpaired) electrons. The summed E-state index contributed by atoms with van der Waals surface area (Å²) < 4.78 is 51.7. The van der Waals surface area contributed by atoms with Gasteiger partial charge in [-0.25, -0.2) is 27.9 Å². The van der Waals surface area contributed by atoms with Gasteiger partial charge in [-0.1, -0.05) is 31.2 Å². The van der Waals surface area contributed by atoms with E-state index < -0.39 is 23.4 Å². The number of aromatic carboxylic acids is 1. The maximum Gasteiger partial charge on any atom is 0.335 e. The summed E-state index contributed by atoms with van der Waals surface area (Å²) >= 11 is 0. The number of ether oxygens (including phenoxy) is 1. The number of fused-ring (bicyclic) bond motifs is 1. The topological polar surface area (TPSA) is 77.2 Å². The highest BCUT2D eigenvalue weighted by Gasteiger charge is 2.41. The molecule has 1 fully saturated rings. The van der Waals surface area contributed by atoms with Crippen LogP contribution in [0, 0.1) is 29.8 Å². The van der Waals surface area contributed by atoms with Crippen LogP contribution < -0.4 is 4.74 Å². The third-order valence-corrected chi connectivity index (χ3v) is 8.36. The lowest BCUT2D eigenvalue weighted by molar-refractivity contribution is 0.0697. The van der Waals surface area contributed by atoms with E-state index in [0.717, 1.165) is 30.3 Å². The second kappa shape index (κ2) is 11.2. The van der Waals surface area contributed by atoms with Gasteiger partial charge in [0.15, 0.2) is 5.82 Å². The maximum atomic E-state index is 15.5. The van der Waals surface area contributed by atoms with Gasteiger partial charge in [-0.3, -0.25) is 0 Å². The molecule has 1 aliphatic rings. The molecule has 5 aromatic rings. The quantitative estimate of drug-likeness (QED) is 0.180. The lowest BCUT2D eigenvalue weighted by Gasteiger charge is -2.17. The Labute approximate surface area is 246 Å². The van der Waals surface area contributed by atoms with Crippen molar-refractivity contribution >= 4 is 17.0 Å². The molecule has 220 valence electrons. The minimum absolute atomic E-state index is 0.142. The van der Waals surface area contributed by atoms with Gasteiger partial charge >= 0.3 is 5.97 Å². The van der Waals surface area contributed by atoms with Crippen LogP contribution >= 0.6 is 0 Å². The monoisotopic (exact) mass is 585 g/mol. The van der Waals surface area contributed by atoms with Crippen molar-refractivity contribution in [2.75, 3.05) is 0 Å². The number of benzene rings is 3. The van der Waals surface area contributed by atoms with Gasteiger partial charge in [-0.15, -0.1) is 0 Å². The molecule has 0 unspecified atom stereocenters. The van der Waals surface area contributed by atoms with Crippen LogP contribution in [0.1, 0.15) is 59.1 Å². The summed E-state index contributed by atoms with van der Waals surface area (Å²) in [5.41, 5.74) is 3.87. The van der Waals surface area contributed by atoms with E-state index in [1.54, 1.807) is 43.3 Å². The molecule has 1 N–H and O–H groups in total. The molecule has 1 saturated carbocycles. The summed E-state index contributed by atoms with van der Waals surface area (Å²) in [7, 11) is 0. The fraction of sp³-hybridized carbons (Fsp3) is 0.265. The van der Waals surface area contributed by atoms with Gasteiger partial charge in [0, 0.05) is 24.1 Å². The standard InChI is InChI=1S/C34H30F3N3O3/c1-3-34(12-13-34)19-40-30-16-23(33(41)42)8-10-29(30)38-31(40)17-21-6-7-22(15-27(21)37)28-11-9-25(35)32(39-28)43-18-24-5-4-20(2)14-26(24)36/h4-11,14-16H,3,12-13,17-19H2,1-2H3,(H,41,42). The number of imidazole rings is 1. The minimum Gasteiger partial charge on any atom is -0.478 e. The number of rotatable bonds is 10. The predicted octanol–water partition coefficient (Wildman–Crippen LogP) is 7.88. The molecule has 9 heteroatoms. The average Bonchev–Trinajstić information content (AvgIpc) is 3.69. The van der Waals surface area contributed by atoms with Crippen molar-refractivity contribution in [3.63, 3.8) is 0 Å². The molecular weight excluding hydrogens is 555 g/mol. The number of carbonyl (C=O) groups is 1. The van der Waals surface area contributed by atoms with Gasteiger partial charge in [-0.2, -0.15) is 0 Å². The van der Waals surface area contributed by atoms with Crippen LogP contribution in [0.3, 0.4) is 0 Å². The molecule has 6 nitrogen and oxygen atoms in total. The van der Waals surface area contributed by atoms with Crippen molar-refractivity contribution in [1.82, 2.24) is 14.5 Å². The number of aromatic nitrogens is 3. The summed E-state index contributed by atoms with van der Waals surface area (Å²) in [6.07, 6.45) is 3.36. The highest BCUT2D eigenvalue weighted by atomic mass is 19.1. The third kappa shape index (κ3) is 5.84. The number of aryl methyl sites for hydroxylation is 1. The Morgan fingerprint density at radius 3 is 2.40 bits per heavy atom. The average molecular weight is 586 g/mol. The normalized spacial score (nSPS) is 13.8. The molecule has 43 heavy (non-hydrogen) atoms. The molecule has 0 saturated heterocycles. The molecule has 2 aromatic heterocycles. The first-order valence-corrected chi connectivity index (χ1v) is 14.2. The van der Waals surface area contributed by atoms with Gasteiger partial charge < -0.3 is 14.4 Å². The van der Waals surface area contributed by atoms with E-state index >= 15 is 4.39 Å². The number of nitrogens with zero attached hydrogens (tertiary/aromatic N) is 3. The van der Waals surface area contributed by atoms with Crippen LogP contribution in [0.4, 0.5) is 13.2 Å². The molecule has 0 amide bonds. The summed E-state index contributed by atoms with van der Waals surface area (Å²) in [6, 6.07) is 16.8. The SMILES string of the molecule is CCC1(Cn2c(Cc3ccc(-c4ccc(F)c(OCc5ccc(C)cc5F)n4)cc3F)nc3ccc(C(=O)O)cc32)CC1. The van der Waals surface area contributed by atoms with Gasteiger partial charge in [0.25, 0.3) is 5.88 Å². The summed E-state index contributed by atoms with van der Waals surface area (Å²) in [6.45, 7) is 4.40. The van der Waals surface area contributed by atoms with E-state index in [9.17, 15) is 18.7 Å².